The Morgan fingerprint density at radius 1 is 1.03 bits per heavy atom. The Balaban J connectivity index is 1.49. The lowest BCUT2D eigenvalue weighted by Gasteiger charge is -2.07. The average molecular weight is 450 g/mol. The molecule has 1 aromatic heterocycles. The van der Waals surface area contributed by atoms with Crippen LogP contribution in [0.3, 0.4) is 0 Å². The van der Waals surface area contributed by atoms with E-state index in [-0.39, 0.29) is 22.8 Å². The third-order valence-electron chi connectivity index (χ3n) is 4.60. The maximum Gasteiger partial charge on any atom is 0.283 e. The zero-order valence-corrected chi connectivity index (χ0v) is 17.7. The van der Waals surface area contributed by atoms with E-state index in [2.05, 4.69) is 5.32 Å². The summed E-state index contributed by atoms with van der Waals surface area (Å²) < 4.78 is 0. The fourth-order valence-electron chi connectivity index (χ4n) is 3.09. The largest absolute Gasteiger partial charge is 0.348 e. The molecule has 0 saturated carbocycles. The lowest BCUT2D eigenvalue weighted by molar-refractivity contribution is -0.385. The van der Waals surface area contributed by atoms with Gasteiger partial charge in [0, 0.05) is 34.1 Å². The van der Waals surface area contributed by atoms with Crippen LogP contribution in [0, 0.1) is 10.1 Å². The van der Waals surface area contributed by atoms with Gasteiger partial charge in [0.2, 0.25) is 0 Å². The molecule has 0 unspecified atom stereocenters. The molecule has 0 aliphatic rings. The molecule has 1 amide bonds. The molecule has 154 valence electrons. The van der Waals surface area contributed by atoms with Gasteiger partial charge in [-0.25, -0.2) is 4.98 Å². The van der Waals surface area contributed by atoms with Crippen molar-refractivity contribution in [2.45, 2.75) is 6.54 Å². The second-order valence-electron chi connectivity index (χ2n) is 6.71. The number of rotatable bonds is 6. The monoisotopic (exact) mass is 449 g/mol. The highest BCUT2D eigenvalue weighted by molar-refractivity contribution is 7.13. The van der Waals surface area contributed by atoms with Gasteiger partial charge in [0.25, 0.3) is 11.6 Å². The number of carbonyl (C=O) groups is 1. The van der Waals surface area contributed by atoms with Crippen molar-refractivity contribution in [2.75, 3.05) is 0 Å². The first-order valence-electron chi connectivity index (χ1n) is 9.33. The Morgan fingerprint density at radius 3 is 2.58 bits per heavy atom. The Morgan fingerprint density at radius 2 is 1.81 bits per heavy atom. The number of carbonyl (C=O) groups excluding carboxylic acids is 1. The Labute approximate surface area is 187 Å². The molecule has 0 fully saturated rings. The van der Waals surface area contributed by atoms with Crippen LogP contribution in [0.15, 0.2) is 78.2 Å². The van der Waals surface area contributed by atoms with E-state index in [1.165, 1.54) is 18.2 Å². The Kier molecular flexibility index (Phi) is 6.06. The average Bonchev–Trinajstić information content (AvgIpc) is 3.28. The normalized spacial score (nSPS) is 10.6. The number of nitro groups is 1. The van der Waals surface area contributed by atoms with E-state index >= 15 is 0 Å². The zero-order chi connectivity index (χ0) is 21.8. The second kappa shape index (κ2) is 9.07. The number of amides is 1. The molecule has 0 spiro atoms. The van der Waals surface area contributed by atoms with Gasteiger partial charge in [0.05, 0.1) is 10.6 Å². The van der Waals surface area contributed by atoms with Crippen LogP contribution in [0.4, 0.5) is 5.69 Å². The van der Waals surface area contributed by atoms with E-state index < -0.39 is 10.8 Å². The lowest BCUT2D eigenvalue weighted by atomic mass is 10.1. The first kappa shape index (κ1) is 20.7. The van der Waals surface area contributed by atoms with Crippen LogP contribution < -0.4 is 5.32 Å². The minimum absolute atomic E-state index is 0.0296. The summed E-state index contributed by atoms with van der Waals surface area (Å²) in [7, 11) is 0. The molecule has 1 heterocycles. The van der Waals surface area contributed by atoms with Crippen LogP contribution in [-0.4, -0.2) is 15.8 Å². The highest BCUT2D eigenvalue weighted by Gasteiger charge is 2.20. The fourth-order valence-corrected chi connectivity index (χ4v) is 4.08. The summed E-state index contributed by atoms with van der Waals surface area (Å²) in [6.07, 6.45) is 0. The van der Waals surface area contributed by atoms with Gasteiger partial charge < -0.3 is 5.32 Å². The van der Waals surface area contributed by atoms with Crippen molar-refractivity contribution in [3.63, 3.8) is 0 Å². The first-order valence-corrected chi connectivity index (χ1v) is 10.6. The highest BCUT2D eigenvalue weighted by atomic mass is 35.5. The van der Waals surface area contributed by atoms with Crippen LogP contribution in [0.2, 0.25) is 5.02 Å². The molecule has 31 heavy (non-hydrogen) atoms. The maximum absolute atomic E-state index is 12.5. The number of nitrogens with one attached hydrogen (secondary N) is 1. The summed E-state index contributed by atoms with van der Waals surface area (Å²) >= 11 is 7.36. The maximum atomic E-state index is 12.5. The van der Waals surface area contributed by atoms with Crippen LogP contribution in [0.5, 0.6) is 0 Å². The summed E-state index contributed by atoms with van der Waals surface area (Å²) in [5.41, 5.74) is 3.41. The number of aromatic nitrogens is 1. The first-order chi connectivity index (χ1) is 15.0. The number of halogens is 1. The standard InChI is InChI=1S/C23H16ClN3O3S/c24-18-9-10-19(21(12-18)27(29)30)22(28)25-13-15-5-4-8-17(11-15)23-26-20(14-31-23)16-6-2-1-3-7-16/h1-12,14H,13H2,(H,25,28). The number of thiazole rings is 1. The third-order valence-corrected chi connectivity index (χ3v) is 5.73. The minimum Gasteiger partial charge on any atom is -0.348 e. The van der Waals surface area contributed by atoms with Gasteiger partial charge in [-0.1, -0.05) is 60.1 Å². The molecule has 8 heteroatoms. The molecule has 0 atom stereocenters. The molecule has 1 N–H and O–H groups in total. The third kappa shape index (κ3) is 4.79. The van der Waals surface area contributed by atoms with Crippen molar-refractivity contribution in [1.82, 2.24) is 10.3 Å². The van der Waals surface area contributed by atoms with E-state index in [0.717, 1.165) is 27.4 Å². The van der Waals surface area contributed by atoms with E-state index in [0.29, 0.717) is 0 Å². The number of hydrogen-bond donors (Lipinski definition) is 1. The molecule has 0 radical (unpaired) electrons. The topological polar surface area (TPSA) is 85.1 Å². The summed E-state index contributed by atoms with van der Waals surface area (Å²) in [6, 6.07) is 21.6. The molecule has 0 bridgehead atoms. The highest BCUT2D eigenvalue weighted by Crippen LogP contribution is 2.29. The fraction of sp³-hybridized carbons (Fsp3) is 0.0435. The van der Waals surface area contributed by atoms with Crippen molar-refractivity contribution in [3.8, 4) is 21.8 Å². The van der Waals surface area contributed by atoms with E-state index in [1.807, 2.05) is 60.0 Å². The van der Waals surface area contributed by atoms with Crippen molar-refractivity contribution in [1.29, 1.82) is 0 Å². The van der Waals surface area contributed by atoms with Gasteiger partial charge >= 0.3 is 0 Å². The molecule has 6 nitrogen and oxygen atoms in total. The van der Waals surface area contributed by atoms with E-state index in [9.17, 15) is 14.9 Å². The number of nitro benzene ring substituents is 1. The molecule has 0 aliphatic carbocycles. The lowest BCUT2D eigenvalue weighted by Crippen LogP contribution is -2.23. The second-order valence-corrected chi connectivity index (χ2v) is 8.00. The van der Waals surface area contributed by atoms with Crippen LogP contribution in [0.1, 0.15) is 15.9 Å². The summed E-state index contributed by atoms with van der Waals surface area (Å²) in [5.74, 6) is -0.533. The predicted octanol–water partition coefficient (Wildman–Crippen LogP) is 5.97. The van der Waals surface area contributed by atoms with Gasteiger partial charge in [0.15, 0.2) is 0 Å². The smallest absolute Gasteiger partial charge is 0.283 e. The summed E-state index contributed by atoms with van der Waals surface area (Å²) in [6.45, 7) is 0.226. The minimum atomic E-state index is -0.617. The Bertz CT molecular complexity index is 1260. The molecular formula is C23H16ClN3O3S. The number of nitrogens with zero attached hydrogens (tertiary/aromatic N) is 2. The van der Waals surface area contributed by atoms with Crippen molar-refractivity contribution < 1.29 is 9.72 Å². The molecular weight excluding hydrogens is 434 g/mol. The molecule has 4 aromatic rings. The quantitative estimate of drug-likeness (QED) is 0.290. The summed E-state index contributed by atoms with van der Waals surface area (Å²) in [4.78, 5) is 27.8. The van der Waals surface area contributed by atoms with Crippen LogP contribution in [-0.2, 0) is 6.54 Å². The van der Waals surface area contributed by atoms with Crippen molar-refractivity contribution in [2.24, 2.45) is 0 Å². The van der Waals surface area contributed by atoms with Gasteiger partial charge in [0.1, 0.15) is 10.6 Å². The molecule has 0 aliphatic heterocycles. The van der Waals surface area contributed by atoms with Crippen molar-refractivity contribution >= 4 is 34.5 Å². The van der Waals surface area contributed by atoms with Gasteiger partial charge in [-0.3, -0.25) is 14.9 Å². The zero-order valence-electron chi connectivity index (χ0n) is 16.1. The Hall–Kier alpha value is -3.55. The SMILES string of the molecule is O=C(NCc1cccc(-c2nc(-c3ccccc3)cs2)c1)c1ccc(Cl)cc1[N+](=O)[O-]. The van der Waals surface area contributed by atoms with E-state index in [4.69, 9.17) is 16.6 Å². The number of benzene rings is 3. The van der Waals surface area contributed by atoms with Crippen LogP contribution in [0.25, 0.3) is 21.8 Å². The molecule has 0 saturated heterocycles. The number of hydrogen-bond acceptors (Lipinski definition) is 5. The van der Waals surface area contributed by atoms with Crippen LogP contribution >= 0.6 is 22.9 Å². The molecule has 4 rings (SSSR count). The summed E-state index contributed by atoms with van der Waals surface area (Å²) in [5, 5.41) is 17.0. The van der Waals surface area contributed by atoms with E-state index in [1.54, 1.807) is 11.3 Å². The predicted molar refractivity (Wildman–Crippen MR) is 122 cm³/mol. The van der Waals surface area contributed by atoms with Gasteiger partial charge in [-0.2, -0.15) is 0 Å². The van der Waals surface area contributed by atoms with Crippen molar-refractivity contribution in [3.05, 3.63) is 104 Å². The van der Waals surface area contributed by atoms with Gasteiger partial charge in [-0.05, 0) is 23.8 Å². The molecule has 3 aromatic carbocycles. The van der Waals surface area contributed by atoms with Gasteiger partial charge in [-0.15, -0.1) is 11.3 Å².